The van der Waals surface area contributed by atoms with Crippen LogP contribution in [0.1, 0.15) is 18.1 Å². The summed E-state index contributed by atoms with van der Waals surface area (Å²) < 4.78 is 0. The second kappa shape index (κ2) is 6.55. The van der Waals surface area contributed by atoms with Gasteiger partial charge in [-0.05, 0) is 35.8 Å². The number of amides is 1. The van der Waals surface area contributed by atoms with Crippen LogP contribution in [0.3, 0.4) is 0 Å². The minimum Gasteiger partial charge on any atom is -0.323 e. The molecule has 0 saturated carbocycles. The van der Waals surface area contributed by atoms with Crippen LogP contribution >= 0.6 is 0 Å². The highest BCUT2D eigenvalue weighted by Gasteiger charge is 1.98. The highest BCUT2D eigenvalue weighted by molar-refractivity contribution is 6.01. The highest BCUT2D eigenvalue weighted by atomic mass is 16.1. The third-order valence-corrected chi connectivity index (χ3v) is 2.83. The van der Waals surface area contributed by atoms with Crippen LogP contribution in [0.15, 0.2) is 60.7 Å². The Hall–Kier alpha value is -2.35. The smallest absolute Gasteiger partial charge is 0.248 e. The van der Waals surface area contributed by atoms with E-state index in [-0.39, 0.29) is 5.91 Å². The van der Waals surface area contributed by atoms with Crippen molar-refractivity contribution >= 4 is 17.7 Å². The summed E-state index contributed by atoms with van der Waals surface area (Å²) in [5.74, 6) is -0.114. The maximum Gasteiger partial charge on any atom is 0.248 e. The second-order valence-corrected chi connectivity index (χ2v) is 4.29. The fourth-order valence-corrected chi connectivity index (χ4v) is 1.79. The van der Waals surface area contributed by atoms with Crippen LogP contribution in [0.4, 0.5) is 5.69 Å². The third kappa shape index (κ3) is 4.11. The Morgan fingerprint density at radius 3 is 2.63 bits per heavy atom. The largest absolute Gasteiger partial charge is 0.323 e. The van der Waals surface area contributed by atoms with Gasteiger partial charge in [-0.15, -0.1) is 0 Å². The molecule has 0 bridgehead atoms. The van der Waals surface area contributed by atoms with E-state index in [1.807, 2.05) is 48.5 Å². The van der Waals surface area contributed by atoms with Gasteiger partial charge in [0.2, 0.25) is 5.91 Å². The molecule has 0 aliphatic heterocycles. The molecule has 19 heavy (non-hydrogen) atoms. The van der Waals surface area contributed by atoms with Gasteiger partial charge in [0.05, 0.1) is 0 Å². The molecule has 2 aromatic carbocycles. The Morgan fingerprint density at radius 2 is 1.89 bits per heavy atom. The first-order chi connectivity index (χ1) is 9.28. The standard InChI is InChI=1S/C17H17NO/c1-2-14-9-6-10-16(13-14)18-17(19)12-11-15-7-4-3-5-8-15/h3-13H,2H2,1H3,(H,18,19). The number of benzene rings is 2. The van der Waals surface area contributed by atoms with Gasteiger partial charge in [-0.25, -0.2) is 0 Å². The van der Waals surface area contributed by atoms with Crippen molar-refractivity contribution in [1.82, 2.24) is 0 Å². The van der Waals surface area contributed by atoms with Gasteiger partial charge in [0.25, 0.3) is 0 Å². The average Bonchev–Trinajstić information content (AvgIpc) is 2.46. The van der Waals surface area contributed by atoms with Crippen molar-refractivity contribution in [2.75, 3.05) is 5.32 Å². The first-order valence-corrected chi connectivity index (χ1v) is 6.41. The van der Waals surface area contributed by atoms with Crippen molar-refractivity contribution < 1.29 is 4.79 Å². The lowest BCUT2D eigenvalue weighted by atomic mass is 10.1. The van der Waals surface area contributed by atoms with Gasteiger partial charge in [-0.3, -0.25) is 4.79 Å². The molecule has 0 spiro atoms. The van der Waals surface area contributed by atoms with Crippen LogP contribution in [0.2, 0.25) is 0 Å². The monoisotopic (exact) mass is 251 g/mol. The lowest BCUT2D eigenvalue weighted by molar-refractivity contribution is -0.111. The van der Waals surface area contributed by atoms with Crippen molar-refractivity contribution in [3.8, 4) is 0 Å². The number of aryl methyl sites for hydroxylation is 1. The molecule has 2 nitrogen and oxygen atoms in total. The highest BCUT2D eigenvalue weighted by Crippen LogP contribution is 2.11. The van der Waals surface area contributed by atoms with Gasteiger partial charge in [0, 0.05) is 11.8 Å². The Bertz CT molecular complexity index is 573. The van der Waals surface area contributed by atoms with Crippen molar-refractivity contribution in [3.63, 3.8) is 0 Å². The molecule has 1 N–H and O–H groups in total. The fourth-order valence-electron chi connectivity index (χ4n) is 1.79. The minimum atomic E-state index is -0.114. The molecule has 0 radical (unpaired) electrons. The van der Waals surface area contributed by atoms with E-state index in [4.69, 9.17) is 0 Å². The summed E-state index contributed by atoms with van der Waals surface area (Å²) in [5.41, 5.74) is 3.06. The van der Waals surface area contributed by atoms with E-state index in [2.05, 4.69) is 18.3 Å². The number of carbonyl (C=O) groups excluding carboxylic acids is 1. The molecular weight excluding hydrogens is 234 g/mol. The van der Waals surface area contributed by atoms with Gasteiger partial charge in [-0.1, -0.05) is 49.4 Å². The number of hydrogen-bond acceptors (Lipinski definition) is 1. The molecule has 2 heteroatoms. The number of hydrogen-bond donors (Lipinski definition) is 1. The average molecular weight is 251 g/mol. The Morgan fingerprint density at radius 1 is 1.11 bits per heavy atom. The molecule has 0 aliphatic rings. The predicted molar refractivity (Wildman–Crippen MR) is 79.9 cm³/mol. The number of nitrogens with one attached hydrogen (secondary N) is 1. The molecule has 2 aromatic rings. The Kier molecular flexibility index (Phi) is 4.51. The van der Waals surface area contributed by atoms with Crippen LogP contribution in [0.25, 0.3) is 6.08 Å². The van der Waals surface area contributed by atoms with E-state index in [0.29, 0.717) is 0 Å². The second-order valence-electron chi connectivity index (χ2n) is 4.29. The van der Waals surface area contributed by atoms with Crippen LogP contribution < -0.4 is 5.32 Å². The quantitative estimate of drug-likeness (QED) is 0.820. The van der Waals surface area contributed by atoms with Gasteiger partial charge < -0.3 is 5.32 Å². The van der Waals surface area contributed by atoms with Gasteiger partial charge in [0.1, 0.15) is 0 Å². The van der Waals surface area contributed by atoms with E-state index < -0.39 is 0 Å². The Balaban J connectivity index is 1.99. The molecule has 0 fully saturated rings. The SMILES string of the molecule is CCc1cccc(NC(=O)C=Cc2ccccc2)c1. The molecule has 1 amide bonds. The minimum absolute atomic E-state index is 0.114. The number of anilines is 1. The number of rotatable bonds is 4. The van der Waals surface area contributed by atoms with E-state index in [1.165, 1.54) is 5.56 Å². The summed E-state index contributed by atoms with van der Waals surface area (Å²) in [6, 6.07) is 17.7. The van der Waals surface area contributed by atoms with E-state index in [9.17, 15) is 4.79 Å². The maximum absolute atomic E-state index is 11.8. The zero-order chi connectivity index (χ0) is 13.5. The summed E-state index contributed by atoms with van der Waals surface area (Å²) in [5, 5.41) is 2.86. The third-order valence-electron chi connectivity index (χ3n) is 2.83. The fraction of sp³-hybridized carbons (Fsp3) is 0.118. The van der Waals surface area contributed by atoms with Crippen LogP contribution in [0, 0.1) is 0 Å². The van der Waals surface area contributed by atoms with Crippen molar-refractivity contribution in [1.29, 1.82) is 0 Å². The van der Waals surface area contributed by atoms with E-state index >= 15 is 0 Å². The van der Waals surface area contributed by atoms with Crippen molar-refractivity contribution in [2.24, 2.45) is 0 Å². The zero-order valence-electron chi connectivity index (χ0n) is 11.0. The van der Waals surface area contributed by atoms with E-state index in [0.717, 1.165) is 17.7 Å². The summed E-state index contributed by atoms with van der Waals surface area (Å²) in [7, 11) is 0. The summed E-state index contributed by atoms with van der Waals surface area (Å²) >= 11 is 0. The zero-order valence-corrected chi connectivity index (χ0v) is 11.0. The van der Waals surface area contributed by atoms with Crippen molar-refractivity contribution in [2.45, 2.75) is 13.3 Å². The molecule has 0 atom stereocenters. The maximum atomic E-state index is 11.8. The molecule has 2 rings (SSSR count). The molecule has 0 aliphatic carbocycles. The van der Waals surface area contributed by atoms with E-state index in [1.54, 1.807) is 12.2 Å². The normalized spacial score (nSPS) is 10.6. The lowest BCUT2D eigenvalue weighted by Crippen LogP contribution is -2.07. The first kappa shape index (κ1) is 13.1. The van der Waals surface area contributed by atoms with Gasteiger partial charge >= 0.3 is 0 Å². The summed E-state index contributed by atoms with van der Waals surface area (Å²) in [4.78, 5) is 11.8. The van der Waals surface area contributed by atoms with Crippen LogP contribution in [-0.2, 0) is 11.2 Å². The lowest BCUT2D eigenvalue weighted by Gasteiger charge is -2.04. The molecule has 0 aromatic heterocycles. The summed E-state index contributed by atoms with van der Waals surface area (Å²) in [6.07, 6.45) is 4.32. The van der Waals surface area contributed by atoms with Gasteiger partial charge in [-0.2, -0.15) is 0 Å². The number of carbonyl (C=O) groups is 1. The molecular formula is C17H17NO. The van der Waals surface area contributed by atoms with Crippen LogP contribution in [0.5, 0.6) is 0 Å². The van der Waals surface area contributed by atoms with Crippen LogP contribution in [-0.4, -0.2) is 5.91 Å². The topological polar surface area (TPSA) is 29.1 Å². The molecule has 96 valence electrons. The van der Waals surface area contributed by atoms with Crippen molar-refractivity contribution in [3.05, 3.63) is 71.8 Å². The predicted octanol–water partition coefficient (Wildman–Crippen LogP) is 3.90. The molecule has 0 heterocycles. The first-order valence-electron chi connectivity index (χ1n) is 6.41. The molecule has 0 unspecified atom stereocenters. The molecule has 0 saturated heterocycles. The summed E-state index contributed by atoms with van der Waals surface area (Å²) in [6.45, 7) is 2.09. The Labute approximate surface area is 113 Å². The van der Waals surface area contributed by atoms with Gasteiger partial charge in [0.15, 0.2) is 0 Å².